The Kier molecular flexibility index (Phi) is 5.77. The summed E-state index contributed by atoms with van der Waals surface area (Å²) < 4.78 is 5.65. The van der Waals surface area contributed by atoms with Gasteiger partial charge in [0.15, 0.2) is 0 Å². The highest BCUT2D eigenvalue weighted by Crippen LogP contribution is 2.38. The quantitative estimate of drug-likeness (QED) is 0.721. The molecule has 0 saturated carbocycles. The molecule has 1 aliphatic heterocycles. The van der Waals surface area contributed by atoms with Crippen LogP contribution < -0.4 is 5.32 Å². The lowest BCUT2D eigenvalue weighted by atomic mass is 9.73. The molecule has 2 atom stereocenters. The molecule has 1 heterocycles. The number of hydrogen-bond donors (Lipinski definition) is 1. The van der Waals surface area contributed by atoms with Crippen molar-refractivity contribution in [1.82, 2.24) is 5.32 Å². The van der Waals surface area contributed by atoms with Gasteiger partial charge in [-0.3, -0.25) is 0 Å². The lowest BCUT2D eigenvalue weighted by Crippen LogP contribution is -2.41. The van der Waals surface area contributed by atoms with Gasteiger partial charge in [-0.05, 0) is 24.8 Å². The molecule has 0 aromatic heterocycles. The molecule has 0 amide bonds. The van der Waals surface area contributed by atoms with Crippen LogP contribution in [0.25, 0.3) is 0 Å². The molecule has 0 bridgehead atoms. The molecule has 1 rings (SSSR count). The zero-order chi connectivity index (χ0) is 12.0. The van der Waals surface area contributed by atoms with Crippen LogP contribution in [0.3, 0.4) is 0 Å². The predicted octanol–water partition coefficient (Wildman–Crippen LogP) is 3.07. The molecule has 0 radical (unpaired) electrons. The van der Waals surface area contributed by atoms with E-state index in [1.807, 2.05) is 0 Å². The van der Waals surface area contributed by atoms with Gasteiger partial charge >= 0.3 is 0 Å². The monoisotopic (exact) mass is 227 g/mol. The Labute approximate surface area is 101 Å². The Morgan fingerprint density at radius 1 is 1.31 bits per heavy atom. The first-order chi connectivity index (χ1) is 7.60. The molecule has 2 unspecified atom stereocenters. The molecule has 1 N–H and O–H groups in total. The maximum atomic E-state index is 5.65. The summed E-state index contributed by atoms with van der Waals surface area (Å²) in [5.74, 6) is 1.51. The molecule has 0 aromatic rings. The topological polar surface area (TPSA) is 21.3 Å². The summed E-state index contributed by atoms with van der Waals surface area (Å²) in [6.45, 7) is 13.4. The largest absolute Gasteiger partial charge is 0.381 e. The van der Waals surface area contributed by atoms with E-state index in [0.717, 1.165) is 38.1 Å². The summed E-state index contributed by atoms with van der Waals surface area (Å²) >= 11 is 0. The van der Waals surface area contributed by atoms with Gasteiger partial charge in [-0.2, -0.15) is 0 Å². The van der Waals surface area contributed by atoms with Crippen molar-refractivity contribution in [2.24, 2.45) is 17.3 Å². The molecule has 1 fully saturated rings. The minimum absolute atomic E-state index is 0.408. The van der Waals surface area contributed by atoms with Gasteiger partial charge < -0.3 is 10.1 Å². The van der Waals surface area contributed by atoms with Crippen LogP contribution in [0.1, 0.15) is 47.0 Å². The van der Waals surface area contributed by atoms with Crippen LogP contribution in [0, 0.1) is 17.3 Å². The minimum Gasteiger partial charge on any atom is -0.381 e. The third-order valence-corrected chi connectivity index (χ3v) is 3.93. The van der Waals surface area contributed by atoms with E-state index < -0.39 is 0 Å². The van der Waals surface area contributed by atoms with Gasteiger partial charge in [0.25, 0.3) is 0 Å². The van der Waals surface area contributed by atoms with Crippen LogP contribution in [-0.2, 0) is 4.74 Å². The van der Waals surface area contributed by atoms with Crippen LogP contribution in [0.15, 0.2) is 0 Å². The fourth-order valence-corrected chi connectivity index (χ4v) is 2.67. The minimum atomic E-state index is 0.408. The fraction of sp³-hybridized carbons (Fsp3) is 1.00. The van der Waals surface area contributed by atoms with Crippen molar-refractivity contribution >= 4 is 0 Å². The van der Waals surface area contributed by atoms with Crippen molar-refractivity contribution < 1.29 is 4.74 Å². The highest BCUT2D eigenvalue weighted by atomic mass is 16.5. The van der Waals surface area contributed by atoms with E-state index in [4.69, 9.17) is 4.74 Å². The van der Waals surface area contributed by atoms with E-state index in [2.05, 4.69) is 33.0 Å². The third kappa shape index (κ3) is 3.74. The van der Waals surface area contributed by atoms with Gasteiger partial charge in [0.1, 0.15) is 0 Å². The van der Waals surface area contributed by atoms with Gasteiger partial charge in [-0.1, -0.05) is 40.5 Å². The number of hydrogen-bond acceptors (Lipinski definition) is 2. The van der Waals surface area contributed by atoms with E-state index in [0.29, 0.717) is 5.41 Å². The molecule has 0 aromatic carbocycles. The SMILES string of the molecule is CCCC(C)C1(CNCC(C)C)CCOC1. The fourth-order valence-electron chi connectivity index (χ4n) is 2.67. The molecule has 0 aliphatic carbocycles. The van der Waals surface area contributed by atoms with Crippen LogP contribution >= 0.6 is 0 Å². The van der Waals surface area contributed by atoms with Crippen molar-refractivity contribution in [2.75, 3.05) is 26.3 Å². The Balaban J connectivity index is 2.45. The van der Waals surface area contributed by atoms with Gasteiger partial charge in [-0.25, -0.2) is 0 Å². The average Bonchev–Trinajstić information content (AvgIpc) is 2.67. The van der Waals surface area contributed by atoms with Crippen LogP contribution in [-0.4, -0.2) is 26.3 Å². The zero-order valence-corrected chi connectivity index (χ0v) is 11.5. The second kappa shape index (κ2) is 6.61. The molecule has 1 saturated heterocycles. The second-order valence-electron chi connectivity index (χ2n) is 5.88. The summed E-state index contributed by atoms with van der Waals surface area (Å²) in [7, 11) is 0. The lowest BCUT2D eigenvalue weighted by Gasteiger charge is -2.34. The summed E-state index contributed by atoms with van der Waals surface area (Å²) in [6, 6.07) is 0. The van der Waals surface area contributed by atoms with Crippen molar-refractivity contribution in [3.05, 3.63) is 0 Å². The van der Waals surface area contributed by atoms with Crippen LogP contribution in [0.4, 0.5) is 0 Å². The molecular weight excluding hydrogens is 198 g/mol. The number of ether oxygens (including phenoxy) is 1. The Morgan fingerprint density at radius 3 is 2.56 bits per heavy atom. The average molecular weight is 227 g/mol. The Hall–Kier alpha value is -0.0800. The molecule has 1 aliphatic rings. The Bertz CT molecular complexity index is 185. The summed E-state index contributed by atoms with van der Waals surface area (Å²) in [4.78, 5) is 0. The standard InChI is InChI=1S/C14H29NO/c1-5-6-13(4)14(7-8-16-11-14)10-15-9-12(2)3/h12-13,15H,5-11H2,1-4H3. The van der Waals surface area contributed by atoms with Gasteiger partial charge in [0.05, 0.1) is 6.61 Å². The Morgan fingerprint density at radius 2 is 2.06 bits per heavy atom. The van der Waals surface area contributed by atoms with E-state index in [-0.39, 0.29) is 0 Å². The molecular formula is C14H29NO. The van der Waals surface area contributed by atoms with Crippen molar-refractivity contribution in [3.63, 3.8) is 0 Å². The molecule has 0 spiro atoms. The highest BCUT2D eigenvalue weighted by Gasteiger charge is 2.39. The van der Waals surface area contributed by atoms with E-state index in [1.54, 1.807) is 0 Å². The zero-order valence-electron chi connectivity index (χ0n) is 11.5. The smallest absolute Gasteiger partial charge is 0.0538 e. The molecule has 2 heteroatoms. The van der Waals surface area contributed by atoms with Gasteiger partial charge in [-0.15, -0.1) is 0 Å². The molecule has 16 heavy (non-hydrogen) atoms. The van der Waals surface area contributed by atoms with Gasteiger partial charge in [0.2, 0.25) is 0 Å². The van der Waals surface area contributed by atoms with Crippen molar-refractivity contribution in [1.29, 1.82) is 0 Å². The summed E-state index contributed by atoms with van der Waals surface area (Å²) in [5, 5.41) is 3.63. The number of rotatable bonds is 7. The second-order valence-corrected chi connectivity index (χ2v) is 5.88. The maximum absolute atomic E-state index is 5.65. The third-order valence-electron chi connectivity index (χ3n) is 3.93. The molecule has 96 valence electrons. The first-order valence-corrected chi connectivity index (χ1v) is 6.89. The van der Waals surface area contributed by atoms with Crippen LogP contribution in [0.2, 0.25) is 0 Å². The maximum Gasteiger partial charge on any atom is 0.0538 e. The highest BCUT2D eigenvalue weighted by molar-refractivity contribution is 4.89. The normalized spacial score (nSPS) is 27.6. The van der Waals surface area contributed by atoms with Crippen molar-refractivity contribution in [3.8, 4) is 0 Å². The summed E-state index contributed by atoms with van der Waals surface area (Å²) in [6.07, 6.45) is 3.85. The van der Waals surface area contributed by atoms with Gasteiger partial charge in [0, 0.05) is 18.6 Å². The van der Waals surface area contributed by atoms with Crippen LogP contribution in [0.5, 0.6) is 0 Å². The number of nitrogens with one attached hydrogen (secondary N) is 1. The molecule has 2 nitrogen and oxygen atoms in total. The van der Waals surface area contributed by atoms with Crippen molar-refractivity contribution in [2.45, 2.75) is 47.0 Å². The summed E-state index contributed by atoms with van der Waals surface area (Å²) in [5.41, 5.74) is 0.408. The first-order valence-electron chi connectivity index (χ1n) is 6.89. The van der Waals surface area contributed by atoms with E-state index in [1.165, 1.54) is 19.3 Å². The lowest BCUT2D eigenvalue weighted by molar-refractivity contribution is 0.106. The van der Waals surface area contributed by atoms with E-state index >= 15 is 0 Å². The van der Waals surface area contributed by atoms with E-state index in [9.17, 15) is 0 Å². The first kappa shape index (κ1) is 14.0. The predicted molar refractivity (Wildman–Crippen MR) is 69.6 cm³/mol.